The van der Waals surface area contributed by atoms with E-state index in [0.29, 0.717) is 0 Å². The summed E-state index contributed by atoms with van der Waals surface area (Å²) in [6.45, 7) is 7.49. The lowest BCUT2D eigenvalue weighted by molar-refractivity contribution is -0.00000272. The van der Waals surface area contributed by atoms with Gasteiger partial charge in [-0.3, -0.25) is 9.88 Å². The number of hydrogen-bond donors (Lipinski definition) is 0. The first kappa shape index (κ1) is 12.4. The molecule has 0 spiro atoms. The van der Waals surface area contributed by atoms with Gasteiger partial charge >= 0.3 is 0 Å². The van der Waals surface area contributed by atoms with Gasteiger partial charge in [-0.15, -0.1) is 0 Å². The van der Waals surface area contributed by atoms with Gasteiger partial charge in [-0.05, 0) is 25.2 Å². The average molecular weight is 200 g/mol. The third-order valence-corrected chi connectivity index (χ3v) is 2.01. The molecular weight excluding hydrogens is 184 g/mol. The number of rotatable bonds is 4. The number of aromatic nitrogens is 1. The van der Waals surface area contributed by atoms with Crippen LogP contribution in [0.15, 0.2) is 24.4 Å². The van der Waals surface area contributed by atoms with Crippen LogP contribution < -0.4 is 12.4 Å². The molecule has 0 saturated carbocycles. The molecule has 0 aromatic carbocycles. The van der Waals surface area contributed by atoms with Gasteiger partial charge in [-0.1, -0.05) is 19.9 Å². The molecule has 0 atom stereocenters. The van der Waals surface area contributed by atoms with E-state index >= 15 is 0 Å². The Balaban J connectivity index is 0.00000144. The molecule has 1 aromatic rings. The molecule has 0 unspecified atom stereocenters. The Morgan fingerprint density at radius 2 is 1.92 bits per heavy atom. The molecule has 74 valence electrons. The molecule has 0 bridgehead atoms. The van der Waals surface area contributed by atoms with E-state index < -0.39 is 0 Å². The molecule has 0 aliphatic rings. The second-order valence-corrected chi connectivity index (χ2v) is 2.78. The fourth-order valence-corrected chi connectivity index (χ4v) is 1.17. The summed E-state index contributed by atoms with van der Waals surface area (Å²) in [5.41, 5.74) is 1.15. The standard InChI is InChI=1S/C10H16N2.ClH/c1-3-12(4-2)9-10-7-5-6-8-11-10;/h5-8H,3-4,9H2,1-2H3;1H/p-1. The van der Waals surface area contributed by atoms with Crippen molar-refractivity contribution in [1.29, 1.82) is 0 Å². The van der Waals surface area contributed by atoms with Gasteiger partial charge in [0, 0.05) is 12.7 Å². The van der Waals surface area contributed by atoms with Gasteiger partial charge in [-0.25, -0.2) is 0 Å². The second kappa shape index (κ2) is 6.87. The third-order valence-electron chi connectivity index (χ3n) is 2.01. The number of nitrogens with zero attached hydrogens (tertiary/aromatic N) is 2. The first-order valence-corrected chi connectivity index (χ1v) is 4.49. The lowest BCUT2D eigenvalue weighted by Gasteiger charge is -2.16. The Hall–Kier alpha value is -0.600. The fraction of sp³-hybridized carbons (Fsp3) is 0.500. The zero-order valence-electron chi connectivity index (χ0n) is 8.20. The molecule has 0 N–H and O–H groups in total. The van der Waals surface area contributed by atoms with E-state index in [4.69, 9.17) is 0 Å². The maximum atomic E-state index is 4.27. The molecule has 3 heteroatoms. The molecule has 0 aliphatic heterocycles. The van der Waals surface area contributed by atoms with Gasteiger partial charge in [0.15, 0.2) is 0 Å². The van der Waals surface area contributed by atoms with E-state index in [9.17, 15) is 0 Å². The average Bonchev–Trinajstić information content (AvgIpc) is 2.16. The van der Waals surface area contributed by atoms with Crippen LogP contribution in [0.2, 0.25) is 0 Å². The quantitative estimate of drug-likeness (QED) is 0.614. The zero-order valence-corrected chi connectivity index (χ0v) is 8.96. The minimum Gasteiger partial charge on any atom is -1.00 e. The maximum absolute atomic E-state index is 4.27. The lowest BCUT2D eigenvalue weighted by atomic mass is 10.3. The second-order valence-electron chi connectivity index (χ2n) is 2.78. The van der Waals surface area contributed by atoms with Gasteiger partial charge in [0.1, 0.15) is 0 Å². The van der Waals surface area contributed by atoms with Crippen molar-refractivity contribution in [2.45, 2.75) is 20.4 Å². The highest BCUT2D eigenvalue weighted by molar-refractivity contribution is 5.02. The lowest BCUT2D eigenvalue weighted by Crippen LogP contribution is -3.00. The SMILES string of the molecule is CCN(CC)Cc1ccccn1.[Cl-]. The highest BCUT2D eigenvalue weighted by atomic mass is 35.5. The Kier molecular flexibility index (Phi) is 6.55. The maximum Gasteiger partial charge on any atom is 0.0543 e. The summed E-state index contributed by atoms with van der Waals surface area (Å²) in [6, 6.07) is 6.05. The topological polar surface area (TPSA) is 16.1 Å². The molecule has 0 radical (unpaired) electrons. The predicted molar refractivity (Wildman–Crippen MR) is 50.9 cm³/mol. The van der Waals surface area contributed by atoms with Crippen molar-refractivity contribution in [3.8, 4) is 0 Å². The van der Waals surface area contributed by atoms with Crippen molar-refractivity contribution < 1.29 is 12.4 Å². The van der Waals surface area contributed by atoms with Gasteiger partial charge in [0.2, 0.25) is 0 Å². The monoisotopic (exact) mass is 199 g/mol. The van der Waals surface area contributed by atoms with Crippen molar-refractivity contribution in [1.82, 2.24) is 9.88 Å². The van der Waals surface area contributed by atoms with Crippen LogP contribution in [0.1, 0.15) is 19.5 Å². The van der Waals surface area contributed by atoms with Crippen molar-refractivity contribution in [3.63, 3.8) is 0 Å². The minimum absolute atomic E-state index is 0. The van der Waals surface area contributed by atoms with Crippen LogP contribution in [0.25, 0.3) is 0 Å². The molecular formula is C10H16ClN2-. The van der Waals surface area contributed by atoms with Crippen LogP contribution in [0.3, 0.4) is 0 Å². The predicted octanol–water partition coefficient (Wildman–Crippen LogP) is -1.07. The molecule has 1 aromatic heterocycles. The highest BCUT2D eigenvalue weighted by Gasteiger charge is 1.99. The van der Waals surface area contributed by atoms with Crippen LogP contribution in [-0.4, -0.2) is 23.0 Å². The smallest absolute Gasteiger partial charge is 0.0543 e. The summed E-state index contributed by atoms with van der Waals surface area (Å²) in [4.78, 5) is 6.62. The number of pyridine rings is 1. The van der Waals surface area contributed by atoms with E-state index in [1.54, 1.807) is 0 Å². The van der Waals surface area contributed by atoms with Crippen LogP contribution >= 0.6 is 0 Å². The molecule has 0 saturated heterocycles. The molecule has 1 rings (SSSR count). The zero-order chi connectivity index (χ0) is 8.81. The summed E-state index contributed by atoms with van der Waals surface area (Å²) in [5, 5.41) is 0. The summed E-state index contributed by atoms with van der Waals surface area (Å²) >= 11 is 0. The normalized spacial score (nSPS) is 9.77. The van der Waals surface area contributed by atoms with Crippen LogP contribution in [-0.2, 0) is 6.54 Å². The van der Waals surface area contributed by atoms with E-state index in [1.807, 2.05) is 18.3 Å². The highest BCUT2D eigenvalue weighted by Crippen LogP contribution is 1.99. The van der Waals surface area contributed by atoms with E-state index in [1.165, 1.54) is 0 Å². The first-order valence-electron chi connectivity index (χ1n) is 4.49. The third kappa shape index (κ3) is 4.25. The van der Waals surface area contributed by atoms with Crippen LogP contribution in [0.4, 0.5) is 0 Å². The molecule has 2 nitrogen and oxygen atoms in total. The molecule has 13 heavy (non-hydrogen) atoms. The number of hydrogen-bond acceptors (Lipinski definition) is 2. The number of halogens is 1. The van der Waals surface area contributed by atoms with Gasteiger partial charge < -0.3 is 12.4 Å². The molecule has 0 amide bonds. The van der Waals surface area contributed by atoms with Gasteiger partial charge in [-0.2, -0.15) is 0 Å². The van der Waals surface area contributed by atoms with Gasteiger partial charge in [0.05, 0.1) is 5.69 Å². The molecule has 0 aliphatic carbocycles. The van der Waals surface area contributed by atoms with E-state index in [-0.39, 0.29) is 12.4 Å². The Morgan fingerprint density at radius 3 is 2.38 bits per heavy atom. The Bertz CT molecular complexity index is 209. The van der Waals surface area contributed by atoms with Crippen molar-refractivity contribution >= 4 is 0 Å². The van der Waals surface area contributed by atoms with Crippen molar-refractivity contribution in [3.05, 3.63) is 30.1 Å². The van der Waals surface area contributed by atoms with E-state index in [2.05, 4.69) is 29.8 Å². The summed E-state index contributed by atoms with van der Waals surface area (Å²) in [5.74, 6) is 0. The van der Waals surface area contributed by atoms with Crippen LogP contribution in [0.5, 0.6) is 0 Å². The Labute approximate surface area is 86.4 Å². The molecule has 0 fully saturated rings. The summed E-state index contributed by atoms with van der Waals surface area (Å²) in [7, 11) is 0. The van der Waals surface area contributed by atoms with Crippen molar-refractivity contribution in [2.75, 3.05) is 13.1 Å². The fourth-order valence-electron chi connectivity index (χ4n) is 1.17. The summed E-state index contributed by atoms with van der Waals surface area (Å²) in [6.07, 6.45) is 1.85. The largest absolute Gasteiger partial charge is 1.00 e. The van der Waals surface area contributed by atoms with Crippen LogP contribution in [0, 0.1) is 0 Å². The van der Waals surface area contributed by atoms with Gasteiger partial charge in [0.25, 0.3) is 0 Å². The Morgan fingerprint density at radius 1 is 1.23 bits per heavy atom. The minimum atomic E-state index is 0. The van der Waals surface area contributed by atoms with Crippen molar-refractivity contribution in [2.24, 2.45) is 0 Å². The molecule has 1 heterocycles. The van der Waals surface area contributed by atoms with E-state index in [0.717, 1.165) is 25.3 Å². The summed E-state index contributed by atoms with van der Waals surface area (Å²) < 4.78 is 0. The first-order chi connectivity index (χ1) is 5.86.